The fourth-order valence-electron chi connectivity index (χ4n) is 16.1. The molecule has 7 rings (SSSR count). The Morgan fingerprint density at radius 1 is 0.831 bits per heavy atom. The molecule has 6 aliphatic rings. The van der Waals surface area contributed by atoms with Crippen LogP contribution in [0.1, 0.15) is 144 Å². The Kier molecular flexibility index (Phi) is 15.3. The number of esters is 1. The lowest BCUT2D eigenvalue weighted by atomic mass is 9.29. The van der Waals surface area contributed by atoms with Crippen molar-refractivity contribution in [2.24, 2.45) is 61.7 Å². The molecule has 1 aromatic rings. The summed E-state index contributed by atoms with van der Waals surface area (Å²) in [5.74, 6) is 1.08. The van der Waals surface area contributed by atoms with Gasteiger partial charge in [-0.05, 0) is 134 Å². The Morgan fingerprint density at radius 3 is 2.00 bits per heavy atom. The van der Waals surface area contributed by atoms with E-state index in [9.17, 15) is 14.7 Å². The molecule has 10 nitrogen and oxygen atoms in total. The number of amides is 1. The lowest BCUT2D eigenvalue weighted by Crippen LogP contribution is -2.86. The summed E-state index contributed by atoms with van der Waals surface area (Å²) in [6.45, 7) is 38.8. The Hall–Kier alpha value is -3.47. The number of nitrogens with two attached hydrogens (primary N) is 2. The Balaban J connectivity index is 0.00000193. The van der Waals surface area contributed by atoms with Crippen molar-refractivity contribution in [2.75, 3.05) is 45.2 Å². The minimum absolute atomic E-state index is 0.0462. The first-order valence-corrected chi connectivity index (χ1v) is 24.6. The molecule has 0 radical (unpaired) electrons. The number of rotatable bonds is 11. The first-order valence-electron chi connectivity index (χ1n) is 24.6. The first kappa shape index (κ1) is 52.5. The van der Waals surface area contributed by atoms with Crippen LogP contribution in [0.15, 0.2) is 61.9 Å². The third-order valence-electron chi connectivity index (χ3n) is 19.5. The van der Waals surface area contributed by atoms with Crippen LogP contribution in [0.25, 0.3) is 0 Å². The number of fused-ring (bicyclic) bond motifs is 7. The zero-order valence-corrected chi connectivity index (χ0v) is 42.5. The van der Waals surface area contributed by atoms with Gasteiger partial charge < -0.3 is 35.9 Å². The summed E-state index contributed by atoms with van der Waals surface area (Å²) in [6.07, 6.45) is 10.5. The highest BCUT2D eigenvalue weighted by atomic mass is 16.5. The molecule has 1 amide bonds. The molecule has 364 valence electrons. The van der Waals surface area contributed by atoms with E-state index in [2.05, 4.69) is 121 Å². The van der Waals surface area contributed by atoms with Gasteiger partial charge in [-0.3, -0.25) is 14.5 Å². The van der Waals surface area contributed by atoms with Gasteiger partial charge in [0.25, 0.3) is 0 Å². The molecule has 1 heterocycles. The number of anilines is 1. The molecule has 0 bridgehead atoms. The number of allylic oxidation sites excluding steroid dienone is 1. The van der Waals surface area contributed by atoms with Crippen molar-refractivity contribution in [3.05, 3.63) is 67.5 Å². The van der Waals surface area contributed by atoms with Gasteiger partial charge in [-0.2, -0.15) is 0 Å². The molecule has 5 aliphatic carbocycles. The van der Waals surface area contributed by atoms with Crippen molar-refractivity contribution in [1.82, 2.24) is 9.80 Å². The lowest BCUT2D eigenvalue weighted by molar-refractivity contribution is -0.260. The van der Waals surface area contributed by atoms with E-state index in [1.807, 2.05) is 20.6 Å². The molecular formula is C55H89N5O5. The largest absolute Gasteiger partial charge is 0.513 e. The van der Waals surface area contributed by atoms with Crippen molar-refractivity contribution in [2.45, 2.75) is 163 Å². The van der Waals surface area contributed by atoms with E-state index in [1.54, 1.807) is 0 Å². The van der Waals surface area contributed by atoms with E-state index in [0.29, 0.717) is 24.7 Å². The molecule has 65 heavy (non-hydrogen) atoms. The molecule has 1 aliphatic heterocycles. The van der Waals surface area contributed by atoms with Crippen LogP contribution in [0.5, 0.6) is 0 Å². The summed E-state index contributed by atoms with van der Waals surface area (Å²) in [5.41, 5.74) is 17.5. The maximum atomic E-state index is 14.6. The van der Waals surface area contributed by atoms with Crippen LogP contribution in [0.2, 0.25) is 0 Å². The average molecular weight is 900 g/mol. The Bertz CT molecular complexity index is 1900. The number of carbonyl (C=O) groups is 3. The van der Waals surface area contributed by atoms with Crippen LogP contribution in [-0.4, -0.2) is 91.0 Å². The van der Waals surface area contributed by atoms with Crippen molar-refractivity contribution >= 4 is 24.4 Å². The quantitative estimate of drug-likeness (QED) is 0.112. The zero-order chi connectivity index (χ0) is 48.8. The number of aliphatic hydroxyl groups is 1. The van der Waals surface area contributed by atoms with E-state index < -0.39 is 16.5 Å². The number of nitrogens with zero attached hydrogens (tertiary/aromatic N) is 3. The minimum atomic E-state index is -0.748. The molecule has 0 aromatic heterocycles. The van der Waals surface area contributed by atoms with Gasteiger partial charge in [0, 0.05) is 81.8 Å². The second-order valence-electron chi connectivity index (χ2n) is 23.8. The van der Waals surface area contributed by atoms with Crippen LogP contribution in [-0.2, 0) is 25.7 Å². The number of piperazine rings is 1. The van der Waals surface area contributed by atoms with E-state index in [0.717, 1.165) is 103 Å². The molecule has 5 saturated carbocycles. The van der Waals surface area contributed by atoms with Gasteiger partial charge in [0.05, 0.1) is 12.2 Å². The van der Waals surface area contributed by atoms with Gasteiger partial charge in [0.2, 0.25) is 5.91 Å². The molecule has 10 heteroatoms. The zero-order valence-electron chi connectivity index (χ0n) is 42.5. The SMILES string of the molecule is C=C.C=C(O)CC(C)(C)CC(=O)OC1CC[C@]2(C)[C@H]3CCC4(N)[C@@](C)(CC[C@@]5(CC(=O)N6CCN(Cc7ccc(N(C)C)cc7)CC6)CC[C@@H](C(=C)C)[C@]45N)[C@]3(C)CC[C@H]2C1(C)C.C=O. The van der Waals surface area contributed by atoms with Gasteiger partial charge in [-0.25, -0.2) is 0 Å². The van der Waals surface area contributed by atoms with Crippen molar-refractivity contribution < 1.29 is 24.2 Å². The molecular weight excluding hydrogens is 811 g/mol. The van der Waals surface area contributed by atoms with E-state index in [1.165, 1.54) is 11.3 Å². The topological polar surface area (TPSA) is 142 Å². The monoisotopic (exact) mass is 900 g/mol. The maximum Gasteiger partial charge on any atom is 0.306 e. The van der Waals surface area contributed by atoms with E-state index in [-0.39, 0.29) is 63.2 Å². The number of ether oxygens (including phenoxy) is 1. The third kappa shape index (κ3) is 8.68. The maximum absolute atomic E-state index is 14.6. The second kappa shape index (κ2) is 18.9. The molecule has 1 aromatic carbocycles. The van der Waals surface area contributed by atoms with E-state index >= 15 is 0 Å². The minimum Gasteiger partial charge on any atom is -0.513 e. The molecule has 1 saturated heterocycles. The van der Waals surface area contributed by atoms with Gasteiger partial charge in [0.1, 0.15) is 12.9 Å². The summed E-state index contributed by atoms with van der Waals surface area (Å²) in [7, 11) is 4.14. The van der Waals surface area contributed by atoms with Crippen LogP contribution < -0.4 is 16.4 Å². The normalized spacial score (nSPS) is 37.3. The Labute approximate surface area is 394 Å². The van der Waals surface area contributed by atoms with Crippen LogP contribution in [0, 0.1) is 50.2 Å². The van der Waals surface area contributed by atoms with Crippen molar-refractivity contribution in [3.8, 4) is 0 Å². The van der Waals surface area contributed by atoms with E-state index in [4.69, 9.17) is 21.0 Å². The molecule has 6 fully saturated rings. The number of aliphatic hydroxyl groups excluding tert-OH is 1. The highest BCUT2D eigenvalue weighted by molar-refractivity contribution is 5.78. The third-order valence-corrected chi connectivity index (χ3v) is 19.5. The standard InChI is InChI=1S/C52H83N5O4.C2H4.CH2O/c1-35(2)39-17-23-50(32-43(59)57-29-27-56(28-30-57)34-37-13-15-38(16-14-37)55(11)12)26-25-49(10)48(9)22-18-40-46(6,7)42(61-44(60)33-45(4,5)31-36(3)58)20-21-47(40,8)41(48)19-24-51(49,53)52(39,50)54;2*1-2/h13-16,39-42,58H,1,3,17-34,53-54H2,2,4-12H3;1-2H2;1H2/t39-,40-,41+,42?,47-,48+,49-,50+,51?,52+;;/m0../s1. The van der Waals surface area contributed by atoms with Crippen molar-refractivity contribution in [1.29, 1.82) is 0 Å². The number of carbonyl (C=O) groups excluding carboxylic acids is 3. The predicted molar refractivity (Wildman–Crippen MR) is 266 cm³/mol. The summed E-state index contributed by atoms with van der Waals surface area (Å²) in [5, 5.41) is 9.85. The fraction of sp³-hybridized carbons (Fsp3) is 0.727. The summed E-state index contributed by atoms with van der Waals surface area (Å²) in [6, 6.07) is 8.80. The van der Waals surface area contributed by atoms with Crippen molar-refractivity contribution in [3.63, 3.8) is 0 Å². The molecule has 0 spiro atoms. The summed E-state index contributed by atoms with van der Waals surface area (Å²) < 4.78 is 6.39. The summed E-state index contributed by atoms with van der Waals surface area (Å²) in [4.78, 5) is 42.8. The van der Waals surface area contributed by atoms with Gasteiger partial charge in [-0.15, -0.1) is 13.2 Å². The fourth-order valence-corrected chi connectivity index (χ4v) is 16.1. The van der Waals surface area contributed by atoms with Gasteiger partial charge >= 0.3 is 5.97 Å². The number of benzene rings is 1. The number of hydrogen-bond donors (Lipinski definition) is 3. The predicted octanol–water partition coefficient (Wildman–Crippen LogP) is 10.0. The smallest absolute Gasteiger partial charge is 0.306 e. The second-order valence-corrected chi connectivity index (χ2v) is 23.8. The highest BCUT2D eigenvalue weighted by Gasteiger charge is 2.79. The van der Waals surface area contributed by atoms with Crippen LogP contribution >= 0.6 is 0 Å². The average Bonchev–Trinajstić information content (AvgIpc) is 3.54. The van der Waals surface area contributed by atoms with Gasteiger partial charge in [-0.1, -0.05) is 79.3 Å². The van der Waals surface area contributed by atoms with Crippen LogP contribution in [0.4, 0.5) is 5.69 Å². The Morgan fingerprint density at radius 2 is 1.43 bits per heavy atom. The summed E-state index contributed by atoms with van der Waals surface area (Å²) >= 11 is 0. The number of hydrogen-bond acceptors (Lipinski definition) is 9. The molecule has 10 atom stereocenters. The molecule has 5 N–H and O–H groups in total. The molecule has 2 unspecified atom stereocenters. The lowest BCUT2D eigenvalue weighted by Gasteiger charge is -2.77. The highest BCUT2D eigenvalue weighted by Crippen LogP contribution is 2.79. The van der Waals surface area contributed by atoms with Crippen LogP contribution in [0.3, 0.4) is 0 Å². The van der Waals surface area contributed by atoms with Gasteiger partial charge in [0.15, 0.2) is 0 Å². The first-order chi connectivity index (χ1) is 30.3.